The summed E-state index contributed by atoms with van der Waals surface area (Å²) in [6.45, 7) is 1.89. The fourth-order valence-corrected chi connectivity index (χ4v) is 2.50. The molecule has 0 unspecified atom stereocenters. The summed E-state index contributed by atoms with van der Waals surface area (Å²) in [4.78, 5) is 15.8. The quantitative estimate of drug-likeness (QED) is 0.667. The van der Waals surface area contributed by atoms with Gasteiger partial charge in [-0.3, -0.25) is 9.78 Å². The summed E-state index contributed by atoms with van der Waals surface area (Å²) >= 11 is 0. The zero-order valence-corrected chi connectivity index (χ0v) is 11.4. The van der Waals surface area contributed by atoms with Crippen LogP contribution in [-0.4, -0.2) is 16.6 Å². The van der Waals surface area contributed by atoms with Gasteiger partial charge in [0.05, 0.1) is 5.71 Å². The third-order valence-corrected chi connectivity index (χ3v) is 3.65. The first-order chi connectivity index (χ1) is 9.25. The van der Waals surface area contributed by atoms with Gasteiger partial charge in [0.25, 0.3) is 0 Å². The fourth-order valence-electron chi connectivity index (χ4n) is 2.50. The van der Waals surface area contributed by atoms with Gasteiger partial charge < -0.3 is 0 Å². The molecule has 1 N–H and O–H groups in total. The number of hydrogen-bond acceptors (Lipinski definition) is 3. The van der Waals surface area contributed by atoms with Gasteiger partial charge in [-0.15, -0.1) is 0 Å². The molecule has 0 bridgehead atoms. The Hall–Kier alpha value is -1.71. The molecule has 0 saturated heterocycles. The fraction of sp³-hybridized carbons (Fsp3) is 0.533. The van der Waals surface area contributed by atoms with Crippen molar-refractivity contribution in [3.05, 3.63) is 30.1 Å². The van der Waals surface area contributed by atoms with Crippen LogP contribution >= 0.6 is 0 Å². The number of nitrogens with one attached hydrogen (secondary N) is 1. The summed E-state index contributed by atoms with van der Waals surface area (Å²) < 4.78 is 0. The van der Waals surface area contributed by atoms with E-state index in [9.17, 15) is 4.79 Å². The number of carbonyl (C=O) groups excluding carboxylic acids is 1. The molecule has 1 aromatic rings. The van der Waals surface area contributed by atoms with Gasteiger partial charge in [0, 0.05) is 24.4 Å². The molecule has 1 saturated carbocycles. The summed E-state index contributed by atoms with van der Waals surface area (Å²) in [5, 5.41) is 4.15. The Morgan fingerprint density at radius 3 is 2.68 bits per heavy atom. The highest BCUT2D eigenvalue weighted by Crippen LogP contribution is 2.25. The Labute approximate surface area is 114 Å². The van der Waals surface area contributed by atoms with Gasteiger partial charge in [0.15, 0.2) is 0 Å². The average molecular weight is 259 g/mol. The van der Waals surface area contributed by atoms with Crippen molar-refractivity contribution in [3.63, 3.8) is 0 Å². The number of rotatable bonds is 4. The van der Waals surface area contributed by atoms with Crippen molar-refractivity contribution in [2.75, 3.05) is 0 Å². The van der Waals surface area contributed by atoms with Crippen molar-refractivity contribution < 1.29 is 4.79 Å². The molecule has 0 aromatic carbocycles. The van der Waals surface area contributed by atoms with Crippen LogP contribution in [0.5, 0.6) is 0 Å². The number of hydrogen-bond donors (Lipinski definition) is 1. The summed E-state index contributed by atoms with van der Waals surface area (Å²) in [6, 6.07) is 3.76. The van der Waals surface area contributed by atoms with E-state index >= 15 is 0 Å². The number of carbonyl (C=O) groups is 1. The van der Waals surface area contributed by atoms with Crippen LogP contribution in [0.15, 0.2) is 29.6 Å². The maximum absolute atomic E-state index is 11.8. The van der Waals surface area contributed by atoms with Crippen molar-refractivity contribution in [3.8, 4) is 0 Å². The SMILES string of the molecule is CC(=NNC(=O)CC1CCCCC1)c1ccncc1. The second-order valence-electron chi connectivity index (χ2n) is 5.18. The lowest BCUT2D eigenvalue weighted by atomic mass is 9.87. The van der Waals surface area contributed by atoms with Gasteiger partial charge in [0.1, 0.15) is 0 Å². The summed E-state index contributed by atoms with van der Waals surface area (Å²) in [7, 11) is 0. The van der Waals surface area contributed by atoms with E-state index < -0.39 is 0 Å². The van der Waals surface area contributed by atoms with Crippen LogP contribution in [0.4, 0.5) is 0 Å². The zero-order valence-electron chi connectivity index (χ0n) is 11.4. The zero-order chi connectivity index (χ0) is 13.5. The summed E-state index contributed by atoms with van der Waals surface area (Å²) in [5.74, 6) is 0.575. The molecule has 4 nitrogen and oxygen atoms in total. The summed E-state index contributed by atoms with van der Waals surface area (Å²) in [5.41, 5.74) is 4.44. The topological polar surface area (TPSA) is 54.4 Å². The molecule has 1 fully saturated rings. The van der Waals surface area contributed by atoms with Gasteiger partial charge in [-0.05, 0) is 37.8 Å². The third-order valence-electron chi connectivity index (χ3n) is 3.65. The normalized spacial score (nSPS) is 17.2. The van der Waals surface area contributed by atoms with Crippen molar-refractivity contribution in [2.45, 2.75) is 45.4 Å². The van der Waals surface area contributed by atoms with Crippen LogP contribution in [-0.2, 0) is 4.79 Å². The van der Waals surface area contributed by atoms with Crippen LogP contribution in [0.25, 0.3) is 0 Å². The highest BCUT2D eigenvalue weighted by atomic mass is 16.2. The van der Waals surface area contributed by atoms with Gasteiger partial charge in [-0.2, -0.15) is 5.10 Å². The number of aromatic nitrogens is 1. The van der Waals surface area contributed by atoms with E-state index in [1.807, 2.05) is 19.1 Å². The molecule has 19 heavy (non-hydrogen) atoms. The molecule has 1 aliphatic carbocycles. The van der Waals surface area contributed by atoms with E-state index in [4.69, 9.17) is 0 Å². The van der Waals surface area contributed by atoms with E-state index in [0.29, 0.717) is 12.3 Å². The predicted octanol–water partition coefficient (Wildman–Crippen LogP) is 2.89. The monoisotopic (exact) mass is 259 g/mol. The minimum Gasteiger partial charge on any atom is -0.273 e. The van der Waals surface area contributed by atoms with E-state index in [0.717, 1.165) is 11.3 Å². The van der Waals surface area contributed by atoms with Crippen molar-refractivity contribution in [1.82, 2.24) is 10.4 Å². The smallest absolute Gasteiger partial charge is 0.240 e. The van der Waals surface area contributed by atoms with Crippen molar-refractivity contribution in [1.29, 1.82) is 0 Å². The Morgan fingerprint density at radius 2 is 2.00 bits per heavy atom. The van der Waals surface area contributed by atoms with E-state index in [-0.39, 0.29) is 5.91 Å². The molecule has 0 radical (unpaired) electrons. The minimum absolute atomic E-state index is 0.0281. The van der Waals surface area contributed by atoms with Gasteiger partial charge in [-0.25, -0.2) is 5.43 Å². The first-order valence-electron chi connectivity index (χ1n) is 6.99. The molecule has 0 aliphatic heterocycles. The summed E-state index contributed by atoms with van der Waals surface area (Å²) in [6.07, 6.45) is 10.2. The highest BCUT2D eigenvalue weighted by molar-refractivity contribution is 5.99. The predicted molar refractivity (Wildman–Crippen MR) is 75.8 cm³/mol. The maximum Gasteiger partial charge on any atom is 0.240 e. The standard InChI is InChI=1S/C15H21N3O/c1-12(14-7-9-16-10-8-14)17-18-15(19)11-13-5-3-2-4-6-13/h7-10,13H,2-6,11H2,1H3,(H,18,19). The first-order valence-corrected chi connectivity index (χ1v) is 6.99. The molecular weight excluding hydrogens is 238 g/mol. The van der Waals surface area contributed by atoms with Crippen LogP contribution < -0.4 is 5.43 Å². The molecular formula is C15H21N3O. The van der Waals surface area contributed by atoms with Gasteiger partial charge >= 0.3 is 0 Å². The average Bonchev–Trinajstić information content (AvgIpc) is 2.47. The first kappa shape index (κ1) is 13.7. The van der Waals surface area contributed by atoms with E-state index in [2.05, 4.69) is 15.5 Å². The number of nitrogens with zero attached hydrogens (tertiary/aromatic N) is 2. The molecule has 2 rings (SSSR count). The lowest BCUT2D eigenvalue weighted by molar-refractivity contribution is -0.122. The Kier molecular flexibility index (Phi) is 5.07. The van der Waals surface area contributed by atoms with Crippen LogP contribution in [0, 0.1) is 5.92 Å². The molecule has 102 valence electrons. The van der Waals surface area contributed by atoms with E-state index in [1.54, 1.807) is 12.4 Å². The van der Waals surface area contributed by atoms with E-state index in [1.165, 1.54) is 32.1 Å². The molecule has 0 spiro atoms. The Morgan fingerprint density at radius 1 is 1.32 bits per heavy atom. The largest absolute Gasteiger partial charge is 0.273 e. The van der Waals surface area contributed by atoms with Crippen molar-refractivity contribution in [2.24, 2.45) is 11.0 Å². The highest BCUT2D eigenvalue weighted by Gasteiger charge is 2.16. The van der Waals surface area contributed by atoms with Crippen molar-refractivity contribution >= 4 is 11.6 Å². The van der Waals surface area contributed by atoms with Crippen LogP contribution in [0.3, 0.4) is 0 Å². The number of pyridine rings is 1. The van der Waals surface area contributed by atoms with Gasteiger partial charge in [-0.1, -0.05) is 19.3 Å². The molecule has 1 heterocycles. The van der Waals surface area contributed by atoms with Gasteiger partial charge in [0.2, 0.25) is 5.91 Å². The number of amides is 1. The molecule has 4 heteroatoms. The van der Waals surface area contributed by atoms with Crippen LogP contribution in [0.2, 0.25) is 0 Å². The Bertz CT molecular complexity index is 436. The molecule has 0 atom stereocenters. The Balaban J connectivity index is 1.82. The third kappa shape index (κ3) is 4.47. The maximum atomic E-state index is 11.8. The second-order valence-corrected chi connectivity index (χ2v) is 5.18. The van der Waals surface area contributed by atoms with Crippen LogP contribution in [0.1, 0.15) is 51.0 Å². The lowest BCUT2D eigenvalue weighted by Gasteiger charge is -2.20. The second kappa shape index (κ2) is 7.02. The molecule has 1 aromatic heterocycles. The lowest BCUT2D eigenvalue weighted by Crippen LogP contribution is -2.23. The molecule has 1 aliphatic rings. The number of hydrazone groups is 1. The molecule has 1 amide bonds. The minimum atomic E-state index is 0.0281.